The van der Waals surface area contributed by atoms with Crippen LogP contribution in [0, 0.1) is 35.7 Å². The van der Waals surface area contributed by atoms with E-state index in [0.29, 0.717) is 5.69 Å². The summed E-state index contributed by atoms with van der Waals surface area (Å²) in [7, 11) is 1.65. The first-order valence-corrected chi connectivity index (χ1v) is 8.50. The van der Waals surface area contributed by atoms with Crippen molar-refractivity contribution in [3.05, 3.63) is 59.2 Å². The summed E-state index contributed by atoms with van der Waals surface area (Å²) in [6, 6.07) is 9.29. The monoisotopic (exact) mass is 370 g/mol. The Morgan fingerprint density at radius 3 is 2.54 bits per heavy atom. The maximum Gasteiger partial charge on any atom is 0.287 e. The van der Waals surface area contributed by atoms with Gasteiger partial charge in [0, 0.05) is 4.70 Å². The second-order valence-electron chi connectivity index (χ2n) is 5.91. The molecule has 4 rings (SSSR count). The molecule has 0 saturated carbocycles. The molecule has 0 bridgehead atoms. The van der Waals surface area contributed by atoms with Crippen LogP contribution in [0.5, 0.6) is 0 Å². The van der Waals surface area contributed by atoms with Crippen molar-refractivity contribution in [2.75, 3.05) is 0 Å². The van der Waals surface area contributed by atoms with Crippen LogP contribution in [0.2, 0.25) is 0 Å². The number of nitriles is 1. The van der Waals surface area contributed by atoms with Gasteiger partial charge in [0.1, 0.15) is 17.0 Å². The van der Waals surface area contributed by atoms with Crippen molar-refractivity contribution < 1.29 is 17.7 Å². The molecule has 2 aromatic heterocycles. The van der Waals surface area contributed by atoms with E-state index < -0.39 is 23.0 Å². The number of rotatable bonds is 1. The molecule has 128 valence electrons. The van der Waals surface area contributed by atoms with Gasteiger partial charge in [-0.3, -0.25) is 0 Å². The number of thiophene rings is 1. The largest absolute Gasteiger partial charge is 0.287 e. The van der Waals surface area contributed by atoms with Crippen molar-refractivity contribution in [3.8, 4) is 16.6 Å². The molecule has 0 spiro atoms. The highest BCUT2D eigenvalue weighted by Gasteiger charge is 2.30. The molecule has 2 aromatic carbocycles. The Hall–Kier alpha value is -2.98. The maximum atomic E-state index is 14.7. The zero-order valence-electron chi connectivity index (χ0n) is 13.8. The summed E-state index contributed by atoms with van der Waals surface area (Å²) in [5.74, 6) is -4.52. The van der Waals surface area contributed by atoms with E-state index in [1.807, 2.05) is 31.2 Å². The molecule has 0 aliphatic rings. The van der Waals surface area contributed by atoms with Gasteiger partial charge in [-0.05, 0) is 28.9 Å². The lowest BCUT2D eigenvalue weighted by atomic mass is 10.0. The molecular weight excluding hydrogens is 359 g/mol. The third-order valence-electron chi connectivity index (χ3n) is 4.42. The van der Waals surface area contributed by atoms with Crippen LogP contribution < -0.4 is 4.57 Å². The van der Waals surface area contributed by atoms with Gasteiger partial charge >= 0.3 is 0 Å². The fourth-order valence-corrected chi connectivity index (χ4v) is 4.45. The molecule has 0 aliphatic heterocycles. The molecule has 26 heavy (non-hydrogen) atoms. The van der Waals surface area contributed by atoms with Crippen molar-refractivity contribution in [1.82, 2.24) is 4.98 Å². The first-order valence-electron chi connectivity index (χ1n) is 7.69. The number of fused-ring (bicyclic) bond motifs is 2. The first kappa shape index (κ1) is 16.5. The molecule has 0 unspecified atom stereocenters. The summed E-state index contributed by atoms with van der Waals surface area (Å²) in [5.41, 5.74) is 0.478. The van der Waals surface area contributed by atoms with Crippen LogP contribution in [0.3, 0.4) is 0 Å². The molecule has 0 fully saturated rings. The summed E-state index contributed by atoms with van der Waals surface area (Å²) in [5, 5.41) is 10.0. The van der Waals surface area contributed by atoms with E-state index in [0.717, 1.165) is 20.5 Å². The second-order valence-corrected chi connectivity index (χ2v) is 6.96. The Bertz CT molecular complexity index is 1260. The predicted molar refractivity (Wildman–Crippen MR) is 93.1 cm³/mol. The average molecular weight is 370 g/mol. The lowest BCUT2D eigenvalue weighted by Gasteiger charge is -2.08. The van der Waals surface area contributed by atoms with Crippen molar-refractivity contribution >= 4 is 32.3 Å². The molecule has 0 atom stereocenters. The summed E-state index contributed by atoms with van der Waals surface area (Å²) in [6.45, 7) is 1.89. The highest BCUT2D eigenvalue weighted by atomic mass is 32.1. The van der Waals surface area contributed by atoms with E-state index >= 15 is 0 Å². The number of nitrogens with zero attached hydrogens (tertiary/aromatic N) is 3. The Morgan fingerprint density at radius 2 is 1.85 bits per heavy atom. The van der Waals surface area contributed by atoms with Gasteiger partial charge in [0.15, 0.2) is 23.1 Å². The minimum atomic E-state index is -1.66. The van der Waals surface area contributed by atoms with Crippen LogP contribution in [-0.2, 0) is 7.05 Å². The fourth-order valence-electron chi connectivity index (χ4n) is 3.15. The Labute approximate surface area is 150 Å². The molecule has 3 nitrogen and oxygen atoms in total. The van der Waals surface area contributed by atoms with E-state index in [4.69, 9.17) is 0 Å². The van der Waals surface area contributed by atoms with Gasteiger partial charge in [-0.2, -0.15) is 5.26 Å². The number of hydrogen-bond acceptors (Lipinski definition) is 3. The minimum Gasteiger partial charge on any atom is -0.231 e. The maximum absolute atomic E-state index is 14.7. The lowest BCUT2D eigenvalue weighted by molar-refractivity contribution is -0.662. The minimum absolute atomic E-state index is 0.186. The number of hydrogen-bond donors (Lipinski definition) is 0. The lowest BCUT2D eigenvalue weighted by Crippen LogP contribution is -2.32. The Kier molecular flexibility index (Phi) is 3.67. The third-order valence-corrected chi connectivity index (χ3v) is 5.70. The van der Waals surface area contributed by atoms with Crippen LogP contribution in [0.25, 0.3) is 31.6 Å². The second kappa shape index (κ2) is 5.78. The Balaban J connectivity index is 2.23. The van der Waals surface area contributed by atoms with E-state index in [1.54, 1.807) is 17.7 Å². The first-order chi connectivity index (χ1) is 12.5. The molecule has 4 aromatic rings. The van der Waals surface area contributed by atoms with Gasteiger partial charge in [0.2, 0.25) is 5.52 Å². The molecule has 0 saturated heterocycles. The van der Waals surface area contributed by atoms with Gasteiger partial charge in [0.05, 0.1) is 11.9 Å². The molecule has 7 heteroatoms. The smallest absolute Gasteiger partial charge is 0.231 e. The molecule has 2 heterocycles. The topological polar surface area (TPSA) is 40.6 Å². The number of halogens is 3. The normalized spacial score (nSPS) is 11.2. The quantitative estimate of drug-likeness (QED) is 0.365. The van der Waals surface area contributed by atoms with Crippen molar-refractivity contribution in [3.63, 3.8) is 0 Å². The number of benzene rings is 2. The Morgan fingerprint density at radius 1 is 1.12 bits per heavy atom. The third kappa shape index (κ3) is 2.12. The highest BCUT2D eigenvalue weighted by Crippen LogP contribution is 2.40. The van der Waals surface area contributed by atoms with E-state index in [1.165, 1.54) is 17.7 Å². The van der Waals surface area contributed by atoms with Crippen LogP contribution in [0.1, 0.15) is 11.1 Å². The zero-order chi connectivity index (χ0) is 18.6. The summed E-state index contributed by atoms with van der Waals surface area (Å²) in [6.07, 6.45) is 1.37. The van der Waals surface area contributed by atoms with Gasteiger partial charge in [-0.25, -0.2) is 17.7 Å². The summed E-state index contributed by atoms with van der Waals surface area (Å²) in [4.78, 5) is 4.70. The van der Waals surface area contributed by atoms with Gasteiger partial charge in [-0.15, -0.1) is 11.3 Å². The number of aryl methyl sites for hydroxylation is 2. The molecule has 0 N–H and O–H groups in total. The zero-order valence-corrected chi connectivity index (χ0v) is 14.6. The van der Waals surface area contributed by atoms with E-state index in [9.17, 15) is 18.4 Å². The molecule has 0 radical (unpaired) electrons. The van der Waals surface area contributed by atoms with Gasteiger partial charge < -0.3 is 0 Å². The molecular formula is C19H11F3N3S+. The van der Waals surface area contributed by atoms with Crippen molar-refractivity contribution in [1.29, 1.82) is 5.26 Å². The van der Waals surface area contributed by atoms with Crippen molar-refractivity contribution in [2.45, 2.75) is 6.92 Å². The summed E-state index contributed by atoms with van der Waals surface area (Å²) >= 11 is 1.42. The molecule has 0 amide bonds. The highest BCUT2D eigenvalue weighted by molar-refractivity contribution is 7.22. The standard InChI is InChI=1S/C19H11F3N3S/c1-9-10-5-3-4-6-12(10)26-19(9)18-13-15(21)16(22)14(20)11(7-23)17(13)24-8-25(18)2/h3-6,8H,1-2H3/q+1. The van der Waals surface area contributed by atoms with E-state index in [-0.39, 0.29) is 10.9 Å². The fraction of sp³-hybridized carbons (Fsp3) is 0.105. The van der Waals surface area contributed by atoms with Crippen LogP contribution in [0.15, 0.2) is 30.6 Å². The van der Waals surface area contributed by atoms with Crippen LogP contribution >= 0.6 is 11.3 Å². The summed E-state index contributed by atoms with van der Waals surface area (Å²) < 4.78 is 45.4. The van der Waals surface area contributed by atoms with E-state index in [2.05, 4.69) is 4.98 Å². The predicted octanol–water partition coefficient (Wildman–Crippen LogP) is 4.54. The average Bonchev–Trinajstić information content (AvgIpc) is 2.97. The van der Waals surface area contributed by atoms with Crippen LogP contribution in [0.4, 0.5) is 13.2 Å². The van der Waals surface area contributed by atoms with Gasteiger partial charge in [0.25, 0.3) is 6.33 Å². The van der Waals surface area contributed by atoms with Gasteiger partial charge in [-0.1, -0.05) is 18.2 Å². The SMILES string of the molecule is Cc1c(-c2c3c(F)c(F)c(F)c(C#N)c3nc[n+]2C)sc2ccccc12. The van der Waals surface area contributed by atoms with Crippen LogP contribution in [-0.4, -0.2) is 4.98 Å². The number of aromatic nitrogens is 2. The molecule has 0 aliphatic carbocycles. The van der Waals surface area contributed by atoms with Crippen molar-refractivity contribution in [2.24, 2.45) is 7.05 Å².